The lowest BCUT2D eigenvalue weighted by molar-refractivity contribution is 0.618. The molecule has 2 aromatic heterocycles. The van der Waals surface area contributed by atoms with Gasteiger partial charge in [0.2, 0.25) is 0 Å². The number of nitrogens with zero attached hydrogens (tertiary/aromatic N) is 1. The van der Waals surface area contributed by atoms with Gasteiger partial charge in [0, 0.05) is 27.2 Å². The Morgan fingerprint density at radius 1 is 0.359 bits per heavy atom. The van der Waals surface area contributed by atoms with Crippen LogP contribution in [0.25, 0.3) is 71.7 Å². The van der Waals surface area contributed by atoms with E-state index in [1.807, 2.05) is 42.5 Å². The fraction of sp³-hybridized carbons (Fsp3) is 0. The molecule has 0 aliphatic carbocycles. The van der Waals surface area contributed by atoms with E-state index in [4.69, 9.17) is 8.83 Å². The fourth-order valence-corrected chi connectivity index (χ4v) is 5.65. The topological polar surface area (TPSA) is 31.2 Å². The van der Waals surface area contributed by atoms with Crippen LogP contribution in [0.1, 0.15) is 0 Å². The van der Waals surface area contributed by atoms with Crippen LogP contribution in [-0.2, 0) is 0 Å². The van der Waals surface area contributed by atoms with Crippen molar-refractivity contribution in [1.29, 1.82) is 0 Å². The van der Waals surface area contributed by atoms with E-state index in [9.17, 15) is 0 Å². The number of aromatic nitrogens is 1. The number of rotatable bonds is 2. The first kappa shape index (κ1) is 21.8. The van der Waals surface area contributed by atoms with E-state index >= 15 is 0 Å². The predicted octanol–water partition coefficient (Wildman–Crippen LogP) is 10.2. The van der Waals surface area contributed by atoms with Crippen molar-refractivity contribution < 1.29 is 8.83 Å². The third-order valence-electron chi connectivity index (χ3n) is 7.47. The van der Waals surface area contributed by atoms with Crippen LogP contribution in [0, 0.1) is 0 Å². The van der Waals surface area contributed by atoms with Gasteiger partial charge in [-0.05, 0) is 71.8 Å². The van der Waals surface area contributed by atoms with Crippen molar-refractivity contribution in [2.24, 2.45) is 0 Å². The van der Waals surface area contributed by atoms with Crippen molar-refractivity contribution in [2.45, 2.75) is 0 Å². The van der Waals surface area contributed by atoms with Crippen molar-refractivity contribution in [3.05, 3.63) is 140 Å². The van der Waals surface area contributed by atoms with Crippen LogP contribution in [0.2, 0.25) is 0 Å². The Kier molecular flexibility index (Phi) is 4.82. The molecule has 0 saturated heterocycles. The Morgan fingerprint density at radius 3 is 1.67 bits per heavy atom. The Labute approximate surface area is 224 Å². The molecule has 6 aromatic carbocycles. The van der Waals surface area contributed by atoms with Crippen molar-refractivity contribution in [2.75, 3.05) is 0 Å². The molecular formula is C36H23NO2. The van der Waals surface area contributed by atoms with Crippen molar-refractivity contribution in [3.63, 3.8) is 0 Å². The van der Waals surface area contributed by atoms with Gasteiger partial charge < -0.3 is 13.4 Å². The number of hydrogen-bond donors (Lipinski definition) is 0. The molecule has 0 amide bonds. The Balaban J connectivity index is 1.40. The molecule has 0 atom stereocenters. The highest BCUT2D eigenvalue weighted by molar-refractivity contribution is 6.11. The molecule has 0 aliphatic rings. The number of hydrogen-bond acceptors (Lipinski definition) is 2. The number of fused-ring (bicyclic) bond motifs is 7. The highest BCUT2D eigenvalue weighted by Gasteiger charge is 2.13. The summed E-state index contributed by atoms with van der Waals surface area (Å²) in [7, 11) is 0. The van der Waals surface area contributed by atoms with E-state index in [2.05, 4.69) is 102 Å². The first-order chi connectivity index (χ1) is 19.3. The van der Waals surface area contributed by atoms with Crippen LogP contribution in [-0.4, -0.2) is 4.57 Å². The van der Waals surface area contributed by atoms with Crippen LogP contribution in [0.5, 0.6) is 0 Å². The molecule has 0 radical (unpaired) electrons. The van der Waals surface area contributed by atoms with Crippen LogP contribution in [0.4, 0.5) is 0 Å². The molecule has 0 fully saturated rings. The van der Waals surface area contributed by atoms with E-state index < -0.39 is 0 Å². The molecule has 0 aliphatic heterocycles. The van der Waals surface area contributed by atoms with Gasteiger partial charge in [-0.15, -0.1) is 0 Å². The highest BCUT2D eigenvalue weighted by atomic mass is 16.4. The highest BCUT2D eigenvalue weighted by Crippen LogP contribution is 2.36. The zero-order chi connectivity index (χ0) is 25.8. The summed E-state index contributed by atoms with van der Waals surface area (Å²) in [4.78, 5) is 0. The SMILES string of the molecule is c1ccc(-n2c3ccccc3c3cc(-c4ccc5oc6ccccc6oc6ccccc6c5c4)ccc32)cc1. The average molecular weight is 502 g/mol. The average Bonchev–Trinajstić information content (AvgIpc) is 3.32. The van der Waals surface area contributed by atoms with E-state index in [1.165, 1.54) is 21.8 Å². The van der Waals surface area contributed by atoms with E-state index in [-0.39, 0.29) is 0 Å². The van der Waals surface area contributed by atoms with Gasteiger partial charge in [-0.3, -0.25) is 0 Å². The molecule has 0 bridgehead atoms. The van der Waals surface area contributed by atoms with Gasteiger partial charge in [-0.25, -0.2) is 0 Å². The van der Waals surface area contributed by atoms with Gasteiger partial charge in [0.05, 0.1) is 11.0 Å². The summed E-state index contributed by atoms with van der Waals surface area (Å²) in [6.07, 6.45) is 0. The summed E-state index contributed by atoms with van der Waals surface area (Å²) < 4.78 is 15.0. The van der Waals surface area contributed by atoms with Gasteiger partial charge in [-0.2, -0.15) is 0 Å². The molecule has 0 saturated carbocycles. The summed E-state index contributed by atoms with van der Waals surface area (Å²) in [5.41, 5.74) is 8.87. The zero-order valence-corrected chi connectivity index (χ0v) is 21.0. The van der Waals surface area contributed by atoms with E-state index in [1.54, 1.807) is 0 Å². The molecule has 3 heteroatoms. The Bertz CT molecular complexity index is 2230. The monoisotopic (exact) mass is 501 g/mol. The maximum absolute atomic E-state index is 6.38. The van der Waals surface area contributed by atoms with Crippen LogP contribution >= 0.6 is 0 Å². The molecule has 0 N–H and O–H groups in total. The smallest absolute Gasteiger partial charge is 0.169 e. The summed E-state index contributed by atoms with van der Waals surface area (Å²) in [5.74, 6) is 0. The quantitative estimate of drug-likeness (QED) is 0.236. The minimum atomic E-state index is 0.705. The minimum absolute atomic E-state index is 0.705. The zero-order valence-electron chi connectivity index (χ0n) is 21.0. The van der Waals surface area contributed by atoms with Gasteiger partial charge in [-0.1, -0.05) is 78.9 Å². The molecule has 39 heavy (non-hydrogen) atoms. The molecular weight excluding hydrogens is 478 g/mol. The largest absolute Gasteiger partial charge is 0.453 e. The molecule has 3 nitrogen and oxygen atoms in total. The fourth-order valence-electron chi connectivity index (χ4n) is 5.65. The Morgan fingerprint density at radius 2 is 0.897 bits per heavy atom. The third kappa shape index (κ3) is 3.52. The second-order valence-electron chi connectivity index (χ2n) is 9.78. The van der Waals surface area contributed by atoms with Crippen molar-refractivity contribution in [1.82, 2.24) is 4.57 Å². The molecule has 8 aromatic rings. The first-order valence-corrected chi connectivity index (χ1v) is 13.1. The predicted molar refractivity (Wildman–Crippen MR) is 161 cm³/mol. The molecule has 0 unspecified atom stereocenters. The van der Waals surface area contributed by atoms with E-state index in [0.29, 0.717) is 11.2 Å². The second kappa shape index (κ2) is 8.64. The molecule has 0 spiro atoms. The lowest BCUT2D eigenvalue weighted by Gasteiger charge is -2.09. The van der Waals surface area contributed by atoms with E-state index in [0.717, 1.165) is 38.8 Å². The molecule has 2 heterocycles. The number of para-hydroxylation sites is 5. The lowest BCUT2D eigenvalue weighted by atomic mass is 10.00. The maximum Gasteiger partial charge on any atom is 0.169 e. The summed E-state index contributed by atoms with van der Waals surface area (Å²) in [5, 5.41) is 4.48. The summed E-state index contributed by atoms with van der Waals surface area (Å²) in [6.45, 7) is 0. The van der Waals surface area contributed by atoms with Crippen LogP contribution in [0.3, 0.4) is 0 Å². The minimum Gasteiger partial charge on any atom is -0.453 e. The summed E-state index contributed by atoms with van der Waals surface area (Å²) in [6, 6.07) is 48.3. The number of benzene rings is 6. The molecule has 8 rings (SSSR count). The second-order valence-corrected chi connectivity index (χ2v) is 9.78. The third-order valence-corrected chi connectivity index (χ3v) is 7.47. The lowest BCUT2D eigenvalue weighted by Crippen LogP contribution is -1.92. The van der Waals surface area contributed by atoms with Crippen molar-refractivity contribution >= 4 is 54.9 Å². The maximum atomic E-state index is 6.38. The van der Waals surface area contributed by atoms with Gasteiger partial charge in [0.1, 0.15) is 11.2 Å². The van der Waals surface area contributed by atoms with Crippen molar-refractivity contribution in [3.8, 4) is 16.8 Å². The van der Waals surface area contributed by atoms with Gasteiger partial charge in [0.25, 0.3) is 0 Å². The first-order valence-electron chi connectivity index (χ1n) is 13.1. The normalized spacial score (nSPS) is 11.6. The Hall–Kier alpha value is -5.28. The van der Waals surface area contributed by atoms with Crippen LogP contribution in [0.15, 0.2) is 148 Å². The van der Waals surface area contributed by atoms with Gasteiger partial charge in [0.15, 0.2) is 11.2 Å². The molecule has 184 valence electrons. The summed E-state index contributed by atoms with van der Waals surface area (Å²) >= 11 is 0. The standard InChI is InChI=1S/C36H23NO2/c1-2-10-26(11-3-1)37-31-14-6-4-12-27(31)29-22-24(18-20-32(29)37)25-19-21-34-30(23-25)28-13-5-7-15-33(28)38-35-16-8-9-17-36(35)39-34/h1-23H. The van der Waals surface area contributed by atoms with Crippen LogP contribution < -0.4 is 0 Å². The van der Waals surface area contributed by atoms with Gasteiger partial charge >= 0.3 is 0 Å².